The summed E-state index contributed by atoms with van der Waals surface area (Å²) in [5.41, 5.74) is -1.32. The summed E-state index contributed by atoms with van der Waals surface area (Å²) in [6, 6.07) is 8.39. The summed E-state index contributed by atoms with van der Waals surface area (Å²) in [5.74, 6) is -0.939. The Balaban J connectivity index is 2.50. The molecule has 0 heterocycles. The fraction of sp³-hybridized carbons (Fsp3) is 0.214. The van der Waals surface area contributed by atoms with Gasteiger partial charge in [0.2, 0.25) is 5.78 Å². The monoisotopic (exact) mass is 243 g/mol. The third kappa shape index (κ3) is 1.76. The van der Waals surface area contributed by atoms with Crippen LogP contribution in [-0.2, 0) is 0 Å². The Morgan fingerprint density at radius 3 is 2.50 bits per heavy atom. The van der Waals surface area contributed by atoms with Gasteiger partial charge < -0.3 is 0 Å². The van der Waals surface area contributed by atoms with Gasteiger partial charge in [-0.05, 0) is 0 Å². The first-order chi connectivity index (χ1) is 8.59. The Morgan fingerprint density at radius 1 is 1.28 bits per heavy atom. The lowest BCUT2D eigenvalue weighted by Crippen LogP contribution is -2.50. The summed E-state index contributed by atoms with van der Waals surface area (Å²) < 4.78 is 0. The minimum absolute atomic E-state index is 0.362. The average Bonchev–Trinajstić information content (AvgIpc) is 2.39. The molecule has 0 N–H and O–H groups in total. The number of nitrogens with zero attached hydrogens (tertiary/aromatic N) is 1. The zero-order valence-electron chi connectivity index (χ0n) is 9.95. The highest BCUT2D eigenvalue weighted by atomic mass is 16.6. The Morgan fingerprint density at radius 2 is 1.94 bits per heavy atom. The number of allylic oxidation sites excluding steroid dienone is 2. The van der Waals surface area contributed by atoms with Crippen LogP contribution >= 0.6 is 0 Å². The molecule has 1 aromatic carbocycles. The molecular formula is C14H13NO3. The third-order valence-electron chi connectivity index (χ3n) is 3.26. The van der Waals surface area contributed by atoms with Crippen LogP contribution in [0.25, 0.3) is 0 Å². The zero-order valence-corrected chi connectivity index (χ0v) is 9.95. The predicted octanol–water partition coefficient (Wildman–Crippen LogP) is 2.65. The van der Waals surface area contributed by atoms with Crippen LogP contribution in [0.5, 0.6) is 0 Å². The maximum absolute atomic E-state index is 12.4. The number of Topliss-reactive ketones (excluding diaryl/α,β-unsaturated/α-hetero) is 1. The number of ketones is 1. The molecule has 18 heavy (non-hydrogen) atoms. The molecule has 0 spiro atoms. The summed E-state index contributed by atoms with van der Waals surface area (Å²) in [7, 11) is 0. The molecule has 92 valence electrons. The van der Waals surface area contributed by atoms with E-state index >= 15 is 0 Å². The fourth-order valence-corrected chi connectivity index (χ4v) is 2.14. The molecule has 0 aromatic heterocycles. The molecule has 0 radical (unpaired) electrons. The Kier molecular flexibility index (Phi) is 3.10. The van der Waals surface area contributed by atoms with E-state index in [2.05, 4.69) is 0 Å². The van der Waals surface area contributed by atoms with E-state index in [9.17, 15) is 14.9 Å². The van der Waals surface area contributed by atoms with Crippen molar-refractivity contribution in [1.82, 2.24) is 0 Å². The van der Waals surface area contributed by atoms with E-state index in [1.54, 1.807) is 55.5 Å². The lowest BCUT2D eigenvalue weighted by Gasteiger charge is -2.26. The molecule has 1 aliphatic rings. The quantitative estimate of drug-likeness (QED) is 0.466. The Bertz CT molecular complexity index is 533. The number of rotatable bonds is 3. The van der Waals surface area contributed by atoms with E-state index in [1.165, 1.54) is 6.08 Å². The van der Waals surface area contributed by atoms with Crippen LogP contribution in [-0.4, -0.2) is 16.2 Å². The molecule has 0 bridgehead atoms. The first-order valence-electron chi connectivity index (χ1n) is 5.69. The molecule has 1 aromatic rings. The normalized spacial score (nSPS) is 25.9. The first-order valence-corrected chi connectivity index (χ1v) is 5.69. The predicted molar refractivity (Wildman–Crippen MR) is 67.9 cm³/mol. The molecule has 2 unspecified atom stereocenters. The third-order valence-corrected chi connectivity index (χ3v) is 3.26. The van der Waals surface area contributed by atoms with E-state index in [-0.39, 0.29) is 0 Å². The lowest BCUT2D eigenvalue weighted by molar-refractivity contribution is -0.542. The van der Waals surface area contributed by atoms with Gasteiger partial charge in [-0.3, -0.25) is 14.9 Å². The van der Waals surface area contributed by atoms with Gasteiger partial charge in [-0.25, -0.2) is 0 Å². The number of hydrogen-bond donors (Lipinski definition) is 0. The summed E-state index contributed by atoms with van der Waals surface area (Å²) in [6.07, 6.45) is 6.35. The van der Waals surface area contributed by atoms with E-state index < -0.39 is 22.2 Å². The number of hydrogen-bond acceptors (Lipinski definition) is 3. The average molecular weight is 243 g/mol. The van der Waals surface area contributed by atoms with Gasteiger partial charge in [0.25, 0.3) is 0 Å². The van der Waals surface area contributed by atoms with Crippen LogP contribution in [0.3, 0.4) is 0 Å². The lowest BCUT2D eigenvalue weighted by atomic mass is 9.77. The summed E-state index contributed by atoms with van der Waals surface area (Å²) in [4.78, 5) is 23.4. The SMILES string of the molecule is CC1C=CC=CC1(C(=O)c1ccccc1)[N+](=O)[O-]. The summed E-state index contributed by atoms with van der Waals surface area (Å²) >= 11 is 0. The fourth-order valence-electron chi connectivity index (χ4n) is 2.14. The van der Waals surface area contributed by atoms with Crippen molar-refractivity contribution in [3.05, 3.63) is 70.3 Å². The molecule has 2 rings (SSSR count). The molecule has 2 atom stereocenters. The van der Waals surface area contributed by atoms with Gasteiger partial charge in [0.1, 0.15) is 0 Å². The van der Waals surface area contributed by atoms with E-state index in [4.69, 9.17) is 0 Å². The van der Waals surface area contributed by atoms with Crippen molar-refractivity contribution < 1.29 is 9.72 Å². The standard InChI is InChI=1S/C14H13NO3/c1-11-7-5-6-10-14(11,15(17)18)13(16)12-8-3-2-4-9-12/h2-11H,1H3. The second kappa shape index (κ2) is 4.56. The van der Waals surface area contributed by atoms with Crippen LogP contribution < -0.4 is 0 Å². The molecule has 4 nitrogen and oxygen atoms in total. The largest absolute Gasteiger partial charge is 0.308 e. The van der Waals surface area contributed by atoms with Crippen molar-refractivity contribution in [3.63, 3.8) is 0 Å². The van der Waals surface area contributed by atoms with Crippen molar-refractivity contribution in [1.29, 1.82) is 0 Å². The molecular weight excluding hydrogens is 230 g/mol. The van der Waals surface area contributed by atoms with E-state index in [1.807, 2.05) is 0 Å². The van der Waals surface area contributed by atoms with Gasteiger partial charge in [0.15, 0.2) is 0 Å². The molecule has 0 fully saturated rings. The molecule has 0 saturated carbocycles. The number of carbonyl (C=O) groups is 1. The highest BCUT2D eigenvalue weighted by Gasteiger charge is 2.53. The highest BCUT2D eigenvalue weighted by Crippen LogP contribution is 2.31. The second-order valence-electron chi connectivity index (χ2n) is 4.31. The van der Waals surface area contributed by atoms with Crippen molar-refractivity contribution in [3.8, 4) is 0 Å². The van der Waals surface area contributed by atoms with Gasteiger partial charge >= 0.3 is 5.54 Å². The topological polar surface area (TPSA) is 60.2 Å². The Hall–Kier alpha value is -2.23. The van der Waals surface area contributed by atoms with Gasteiger partial charge in [-0.2, -0.15) is 0 Å². The maximum atomic E-state index is 12.4. The van der Waals surface area contributed by atoms with Crippen LogP contribution in [0, 0.1) is 16.0 Å². The van der Waals surface area contributed by atoms with E-state index in [0.717, 1.165) is 0 Å². The van der Waals surface area contributed by atoms with Gasteiger partial charge in [-0.1, -0.05) is 55.5 Å². The molecule has 0 saturated heterocycles. The van der Waals surface area contributed by atoms with Gasteiger partial charge in [0, 0.05) is 16.6 Å². The summed E-state index contributed by atoms with van der Waals surface area (Å²) in [5, 5.41) is 11.4. The van der Waals surface area contributed by atoms with Crippen molar-refractivity contribution in [2.24, 2.45) is 5.92 Å². The van der Waals surface area contributed by atoms with E-state index in [0.29, 0.717) is 5.56 Å². The minimum atomic E-state index is -1.68. The number of nitro groups is 1. The van der Waals surface area contributed by atoms with Crippen molar-refractivity contribution in [2.75, 3.05) is 0 Å². The molecule has 0 amide bonds. The van der Waals surface area contributed by atoms with Crippen LogP contribution in [0.1, 0.15) is 17.3 Å². The van der Waals surface area contributed by atoms with Crippen LogP contribution in [0.4, 0.5) is 0 Å². The van der Waals surface area contributed by atoms with Crippen molar-refractivity contribution in [2.45, 2.75) is 12.5 Å². The maximum Gasteiger partial charge on any atom is 0.308 e. The zero-order chi connectivity index (χ0) is 13.2. The summed E-state index contributed by atoms with van der Waals surface area (Å²) in [6.45, 7) is 1.68. The molecule has 0 aliphatic heterocycles. The smallest absolute Gasteiger partial charge is 0.286 e. The van der Waals surface area contributed by atoms with Crippen LogP contribution in [0.2, 0.25) is 0 Å². The molecule has 4 heteroatoms. The minimum Gasteiger partial charge on any atom is -0.286 e. The van der Waals surface area contributed by atoms with Crippen molar-refractivity contribution >= 4 is 5.78 Å². The Labute approximate surface area is 105 Å². The van der Waals surface area contributed by atoms with Gasteiger partial charge in [0.05, 0.1) is 5.92 Å². The van der Waals surface area contributed by atoms with Crippen LogP contribution in [0.15, 0.2) is 54.6 Å². The number of benzene rings is 1. The highest BCUT2D eigenvalue weighted by molar-refractivity contribution is 6.04. The second-order valence-corrected chi connectivity index (χ2v) is 4.31. The molecule has 1 aliphatic carbocycles. The van der Waals surface area contributed by atoms with Gasteiger partial charge in [-0.15, -0.1) is 0 Å². The number of carbonyl (C=O) groups excluding carboxylic acids is 1. The first kappa shape index (κ1) is 12.2.